The number of halogens is 1. The standard InChI is InChI=1S/C21H32N4O2.HI/c1-4-22-21(24-13-16(2)12-17(3)14-24)23-10-7-11-25-18-8-5-6-9-19(18)27-15-20(25)26;/h5-6,8-9,16-17H,4,7,10-15H2,1-3H3,(H,22,23);1H. The number of amides is 1. The molecule has 0 bridgehead atoms. The van der Waals surface area contributed by atoms with Crippen molar-refractivity contribution in [3.63, 3.8) is 0 Å². The zero-order chi connectivity index (χ0) is 19.2. The van der Waals surface area contributed by atoms with Gasteiger partial charge in [0.25, 0.3) is 5.91 Å². The Labute approximate surface area is 185 Å². The number of fused-ring (bicyclic) bond motifs is 1. The highest BCUT2D eigenvalue weighted by atomic mass is 127. The number of aliphatic imine (C=N–C) groups is 1. The second-order valence-electron chi connectivity index (χ2n) is 7.74. The third-order valence-electron chi connectivity index (χ3n) is 5.11. The molecule has 2 atom stereocenters. The number of hydrogen-bond acceptors (Lipinski definition) is 3. The number of nitrogens with zero attached hydrogens (tertiary/aromatic N) is 3. The SMILES string of the molecule is CCNC(=NCCCN1C(=O)COc2ccccc21)N1CC(C)CC(C)C1.I. The fourth-order valence-electron chi connectivity index (χ4n) is 4.07. The summed E-state index contributed by atoms with van der Waals surface area (Å²) < 4.78 is 5.51. The van der Waals surface area contributed by atoms with Gasteiger partial charge in [0.05, 0.1) is 5.69 Å². The van der Waals surface area contributed by atoms with Crippen molar-refractivity contribution in [2.24, 2.45) is 16.8 Å². The summed E-state index contributed by atoms with van der Waals surface area (Å²) in [6.45, 7) is 11.2. The van der Waals surface area contributed by atoms with Crippen LogP contribution < -0.4 is 15.0 Å². The molecule has 0 aromatic heterocycles. The predicted molar refractivity (Wildman–Crippen MR) is 125 cm³/mol. The van der Waals surface area contributed by atoms with E-state index in [1.54, 1.807) is 0 Å². The van der Waals surface area contributed by atoms with E-state index in [1.807, 2.05) is 29.2 Å². The second-order valence-corrected chi connectivity index (χ2v) is 7.74. The fraction of sp³-hybridized carbons (Fsp3) is 0.619. The van der Waals surface area contributed by atoms with Crippen molar-refractivity contribution in [1.29, 1.82) is 0 Å². The molecule has 2 aliphatic heterocycles. The maximum atomic E-state index is 12.3. The number of piperidine rings is 1. The minimum Gasteiger partial charge on any atom is -0.482 e. The number of anilines is 1. The normalized spacial score (nSPS) is 22.2. The molecular weight excluding hydrogens is 467 g/mol. The van der Waals surface area contributed by atoms with Crippen LogP contribution in [0.2, 0.25) is 0 Å². The van der Waals surface area contributed by atoms with Crippen LogP contribution in [0.5, 0.6) is 5.75 Å². The summed E-state index contributed by atoms with van der Waals surface area (Å²) >= 11 is 0. The summed E-state index contributed by atoms with van der Waals surface area (Å²) in [4.78, 5) is 21.3. The summed E-state index contributed by atoms with van der Waals surface area (Å²) in [5.41, 5.74) is 0.864. The molecule has 0 spiro atoms. The van der Waals surface area contributed by atoms with Crippen LogP contribution in [0.25, 0.3) is 0 Å². The molecule has 28 heavy (non-hydrogen) atoms. The maximum Gasteiger partial charge on any atom is 0.265 e. The summed E-state index contributed by atoms with van der Waals surface area (Å²) in [5, 5.41) is 3.43. The number of carbonyl (C=O) groups is 1. The molecular formula is C21H33IN4O2. The van der Waals surface area contributed by atoms with Crippen LogP contribution >= 0.6 is 24.0 Å². The monoisotopic (exact) mass is 500 g/mol. The molecule has 2 aliphatic rings. The van der Waals surface area contributed by atoms with Crippen LogP contribution in [0, 0.1) is 11.8 Å². The Morgan fingerprint density at radius 3 is 2.68 bits per heavy atom. The van der Waals surface area contributed by atoms with Crippen molar-refractivity contribution in [1.82, 2.24) is 10.2 Å². The minimum absolute atomic E-state index is 0. The van der Waals surface area contributed by atoms with Gasteiger partial charge in [0.15, 0.2) is 12.6 Å². The van der Waals surface area contributed by atoms with Crippen LogP contribution in [0.1, 0.15) is 33.6 Å². The number of guanidine groups is 1. The van der Waals surface area contributed by atoms with Gasteiger partial charge in [-0.1, -0.05) is 26.0 Å². The predicted octanol–water partition coefficient (Wildman–Crippen LogP) is 3.36. The van der Waals surface area contributed by atoms with Gasteiger partial charge in [-0.3, -0.25) is 9.79 Å². The largest absolute Gasteiger partial charge is 0.482 e. The molecule has 3 rings (SSSR count). The van der Waals surface area contributed by atoms with Gasteiger partial charge in [-0.15, -0.1) is 24.0 Å². The van der Waals surface area contributed by atoms with E-state index in [0.717, 1.165) is 43.5 Å². The van der Waals surface area contributed by atoms with Gasteiger partial charge in [0.2, 0.25) is 0 Å². The van der Waals surface area contributed by atoms with Gasteiger partial charge in [-0.25, -0.2) is 0 Å². The highest BCUT2D eigenvalue weighted by Gasteiger charge is 2.25. The lowest BCUT2D eigenvalue weighted by atomic mass is 9.92. The highest BCUT2D eigenvalue weighted by molar-refractivity contribution is 14.0. The summed E-state index contributed by atoms with van der Waals surface area (Å²) in [6.07, 6.45) is 2.11. The number of hydrogen-bond donors (Lipinski definition) is 1. The lowest BCUT2D eigenvalue weighted by Gasteiger charge is -2.37. The lowest BCUT2D eigenvalue weighted by Crippen LogP contribution is -2.48. The first kappa shape index (κ1) is 22.8. The fourth-order valence-corrected chi connectivity index (χ4v) is 4.07. The van der Waals surface area contributed by atoms with Crippen LogP contribution in [0.4, 0.5) is 5.69 Å². The van der Waals surface area contributed by atoms with Gasteiger partial charge in [0, 0.05) is 32.7 Å². The Morgan fingerprint density at radius 1 is 1.25 bits per heavy atom. The first-order valence-corrected chi connectivity index (χ1v) is 10.1. The van der Waals surface area contributed by atoms with E-state index in [-0.39, 0.29) is 36.5 Å². The average molecular weight is 500 g/mol. The van der Waals surface area contributed by atoms with E-state index in [4.69, 9.17) is 9.73 Å². The van der Waals surface area contributed by atoms with Crippen molar-refractivity contribution in [3.8, 4) is 5.75 Å². The van der Waals surface area contributed by atoms with Crippen LogP contribution in [0.3, 0.4) is 0 Å². The third-order valence-corrected chi connectivity index (χ3v) is 5.11. The van der Waals surface area contributed by atoms with Crippen molar-refractivity contribution in [2.75, 3.05) is 44.2 Å². The number of para-hydroxylation sites is 2. The second kappa shape index (κ2) is 10.9. The number of benzene rings is 1. The summed E-state index contributed by atoms with van der Waals surface area (Å²) in [6, 6.07) is 7.72. The minimum atomic E-state index is 0. The summed E-state index contributed by atoms with van der Waals surface area (Å²) in [7, 11) is 0. The molecule has 2 heterocycles. The number of ether oxygens (including phenoxy) is 1. The van der Waals surface area contributed by atoms with Gasteiger partial charge in [0.1, 0.15) is 5.75 Å². The molecule has 0 radical (unpaired) electrons. The molecule has 156 valence electrons. The van der Waals surface area contributed by atoms with E-state index >= 15 is 0 Å². The van der Waals surface area contributed by atoms with Gasteiger partial charge < -0.3 is 19.9 Å². The Morgan fingerprint density at radius 2 is 1.96 bits per heavy atom. The van der Waals surface area contributed by atoms with E-state index < -0.39 is 0 Å². The average Bonchev–Trinajstić information content (AvgIpc) is 2.65. The molecule has 1 aromatic rings. The lowest BCUT2D eigenvalue weighted by molar-refractivity contribution is -0.121. The van der Waals surface area contributed by atoms with E-state index in [1.165, 1.54) is 6.42 Å². The van der Waals surface area contributed by atoms with Crippen LogP contribution in [-0.2, 0) is 4.79 Å². The Hall–Kier alpha value is -1.51. The highest BCUT2D eigenvalue weighted by Crippen LogP contribution is 2.31. The molecule has 1 saturated heterocycles. The quantitative estimate of drug-likeness (QED) is 0.292. The van der Waals surface area contributed by atoms with Crippen molar-refractivity contribution < 1.29 is 9.53 Å². The van der Waals surface area contributed by atoms with Gasteiger partial charge >= 0.3 is 0 Å². The van der Waals surface area contributed by atoms with Crippen LogP contribution in [-0.4, -0.2) is 56.1 Å². The number of nitrogens with one attached hydrogen (secondary N) is 1. The Kier molecular flexibility index (Phi) is 8.85. The van der Waals surface area contributed by atoms with Gasteiger partial charge in [-0.05, 0) is 43.7 Å². The topological polar surface area (TPSA) is 57.2 Å². The Balaban J connectivity index is 0.00000280. The molecule has 6 nitrogen and oxygen atoms in total. The Bertz CT molecular complexity index is 672. The molecule has 0 aliphatic carbocycles. The van der Waals surface area contributed by atoms with Gasteiger partial charge in [-0.2, -0.15) is 0 Å². The molecule has 2 unspecified atom stereocenters. The zero-order valence-electron chi connectivity index (χ0n) is 17.2. The smallest absolute Gasteiger partial charge is 0.265 e. The van der Waals surface area contributed by atoms with E-state index in [9.17, 15) is 4.79 Å². The van der Waals surface area contributed by atoms with E-state index in [2.05, 4.69) is 31.0 Å². The maximum absolute atomic E-state index is 12.3. The molecule has 0 saturated carbocycles. The molecule has 7 heteroatoms. The summed E-state index contributed by atoms with van der Waals surface area (Å²) in [5.74, 6) is 3.19. The first-order chi connectivity index (χ1) is 13.1. The molecule has 1 aromatic carbocycles. The molecule has 1 fully saturated rings. The third kappa shape index (κ3) is 5.75. The molecule has 1 N–H and O–H groups in total. The first-order valence-electron chi connectivity index (χ1n) is 10.1. The van der Waals surface area contributed by atoms with Crippen molar-refractivity contribution in [2.45, 2.75) is 33.6 Å². The molecule has 1 amide bonds. The van der Waals surface area contributed by atoms with Crippen molar-refractivity contribution in [3.05, 3.63) is 24.3 Å². The van der Waals surface area contributed by atoms with Crippen molar-refractivity contribution >= 4 is 41.5 Å². The number of rotatable bonds is 5. The number of likely N-dealkylation sites (tertiary alicyclic amines) is 1. The zero-order valence-corrected chi connectivity index (χ0v) is 19.5. The number of carbonyl (C=O) groups excluding carboxylic acids is 1. The van der Waals surface area contributed by atoms with Crippen LogP contribution in [0.15, 0.2) is 29.3 Å². The van der Waals surface area contributed by atoms with E-state index in [0.29, 0.717) is 24.9 Å².